The van der Waals surface area contributed by atoms with Gasteiger partial charge in [0.1, 0.15) is 5.41 Å². The summed E-state index contributed by atoms with van der Waals surface area (Å²) in [6.45, 7) is 17.6. The van der Waals surface area contributed by atoms with Gasteiger partial charge in [-0.15, -0.1) is 0 Å². The van der Waals surface area contributed by atoms with Gasteiger partial charge in [0.15, 0.2) is 5.60 Å². The van der Waals surface area contributed by atoms with Crippen molar-refractivity contribution in [2.24, 2.45) is 16.7 Å². The topological polar surface area (TPSA) is 93.1 Å². The fourth-order valence-electron chi connectivity index (χ4n) is 6.07. The molecule has 0 bridgehead atoms. The van der Waals surface area contributed by atoms with Crippen LogP contribution in [0.5, 0.6) is 0 Å². The zero-order chi connectivity index (χ0) is 29.1. The third-order valence-electron chi connectivity index (χ3n) is 8.63. The van der Waals surface area contributed by atoms with E-state index in [9.17, 15) is 19.8 Å². The molecule has 0 radical (unpaired) electrons. The van der Waals surface area contributed by atoms with Gasteiger partial charge in [-0.05, 0) is 93.4 Å². The lowest BCUT2D eigenvalue weighted by Gasteiger charge is -2.63. The summed E-state index contributed by atoms with van der Waals surface area (Å²) in [6, 6.07) is 0. The summed E-state index contributed by atoms with van der Waals surface area (Å²) in [6.07, 6.45) is 8.44. The Morgan fingerprint density at radius 2 is 1.45 bits per heavy atom. The number of aliphatic hydroxyl groups is 2. The highest BCUT2D eigenvalue weighted by Gasteiger charge is 2.78. The number of hydrogen-bond donors (Lipinski definition) is 2. The minimum atomic E-state index is -2.39. The number of ketones is 1. The summed E-state index contributed by atoms with van der Waals surface area (Å²) in [4.78, 5) is 28.5. The van der Waals surface area contributed by atoms with Crippen LogP contribution < -0.4 is 0 Å². The molecule has 6 nitrogen and oxygen atoms in total. The highest BCUT2D eigenvalue weighted by molar-refractivity contribution is 6.04. The molecule has 2 aliphatic rings. The van der Waals surface area contributed by atoms with Gasteiger partial charge < -0.3 is 19.7 Å². The van der Waals surface area contributed by atoms with Gasteiger partial charge in [0, 0.05) is 18.9 Å². The molecule has 214 valence electrons. The fraction of sp³-hybridized carbons (Fsp3) is 0.688. The molecule has 2 N–H and O–H groups in total. The Labute approximate surface area is 229 Å². The van der Waals surface area contributed by atoms with E-state index in [1.54, 1.807) is 6.08 Å². The van der Waals surface area contributed by atoms with Crippen LogP contribution in [-0.2, 0) is 19.1 Å². The summed E-state index contributed by atoms with van der Waals surface area (Å²) >= 11 is 0. The molecule has 1 heterocycles. The van der Waals surface area contributed by atoms with Crippen molar-refractivity contribution in [1.29, 1.82) is 0 Å². The lowest BCUT2D eigenvalue weighted by atomic mass is 9.45. The zero-order valence-electron chi connectivity index (χ0n) is 25.2. The summed E-state index contributed by atoms with van der Waals surface area (Å²) < 4.78 is 11.5. The van der Waals surface area contributed by atoms with Crippen LogP contribution in [0.1, 0.15) is 101 Å². The van der Waals surface area contributed by atoms with Crippen LogP contribution in [0.3, 0.4) is 0 Å². The molecule has 1 saturated heterocycles. The number of allylic oxidation sites excluding steroid dienone is 7. The van der Waals surface area contributed by atoms with Gasteiger partial charge >= 0.3 is 5.97 Å². The summed E-state index contributed by atoms with van der Waals surface area (Å²) in [7, 11) is 1.30. The van der Waals surface area contributed by atoms with Gasteiger partial charge in [0.05, 0.1) is 6.10 Å². The Morgan fingerprint density at radius 3 is 1.95 bits per heavy atom. The van der Waals surface area contributed by atoms with Crippen molar-refractivity contribution in [3.63, 3.8) is 0 Å². The maximum absolute atomic E-state index is 14.4. The number of carbonyl (C=O) groups excluding carboxylic acids is 2. The van der Waals surface area contributed by atoms with E-state index < -0.39 is 40.1 Å². The number of fused-ring (bicyclic) bond motifs is 1. The van der Waals surface area contributed by atoms with Gasteiger partial charge in [-0.1, -0.05) is 53.5 Å². The number of esters is 1. The molecule has 0 amide bonds. The van der Waals surface area contributed by atoms with Crippen LogP contribution >= 0.6 is 0 Å². The van der Waals surface area contributed by atoms with Crippen LogP contribution in [0, 0.1) is 16.7 Å². The molecule has 2 fully saturated rings. The summed E-state index contributed by atoms with van der Waals surface area (Å²) in [5.41, 5.74) is -0.713. The first kappa shape index (κ1) is 32.2. The number of hydrogen-bond acceptors (Lipinski definition) is 6. The third kappa shape index (κ3) is 5.78. The summed E-state index contributed by atoms with van der Waals surface area (Å²) in [5.74, 6) is -3.66. The Hall–Kier alpha value is -2.02. The van der Waals surface area contributed by atoms with E-state index in [-0.39, 0.29) is 25.2 Å². The second-order valence-corrected chi connectivity index (χ2v) is 12.6. The average Bonchev–Trinajstić information content (AvgIpc) is 2.82. The fourth-order valence-corrected chi connectivity index (χ4v) is 6.07. The van der Waals surface area contributed by atoms with Gasteiger partial charge in [-0.3, -0.25) is 9.59 Å². The molecule has 38 heavy (non-hydrogen) atoms. The molecule has 1 aliphatic heterocycles. The molecule has 6 heteroatoms. The monoisotopic (exact) mass is 530 g/mol. The molecule has 1 unspecified atom stereocenters. The van der Waals surface area contributed by atoms with Crippen molar-refractivity contribution in [1.82, 2.24) is 0 Å². The molecule has 6 atom stereocenters. The molecule has 0 aromatic heterocycles. The van der Waals surface area contributed by atoms with E-state index in [2.05, 4.69) is 12.2 Å². The SMILES string of the molecule is COC1(CC=C(C)C)OC(=O)[C@@]2(CC=C(C)C)C[C@H](CC=C(C)C)[C@@](C)(CCC=C(C)C)[C@@H](O)[C@@]2(O)C1=O. The molecule has 0 spiro atoms. The van der Waals surface area contributed by atoms with Crippen LogP contribution in [0.25, 0.3) is 0 Å². The second kappa shape index (κ2) is 12.0. The second-order valence-electron chi connectivity index (χ2n) is 12.6. The zero-order valence-corrected chi connectivity index (χ0v) is 25.2. The highest BCUT2D eigenvalue weighted by Crippen LogP contribution is 2.62. The Balaban J connectivity index is 2.83. The molecule has 1 aliphatic carbocycles. The maximum atomic E-state index is 14.4. The minimum Gasteiger partial charge on any atom is -0.424 e. The highest BCUT2D eigenvalue weighted by atomic mass is 16.7. The molecular formula is C32H50O6. The number of rotatable bonds is 10. The predicted molar refractivity (Wildman–Crippen MR) is 151 cm³/mol. The molecular weight excluding hydrogens is 480 g/mol. The van der Waals surface area contributed by atoms with E-state index in [1.807, 2.05) is 68.4 Å². The van der Waals surface area contributed by atoms with E-state index >= 15 is 0 Å². The normalized spacial score (nSPS) is 34.5. The van der Waals surface area contributed by atoms with Crippen molar-refractivity contribution in [3.05, 3.63) is 46.6 Å². The Kier molecular flexibility index (Phi) is 10.2. The lowest BCUT2D eigenvalue weighted by Crippen LogP contribution is -2.80. The Bertz CT molecular complexity index is 1020. The smallest absolute Gasteiger partial charge is 0.318 e. The number of ether oxygens (including phenoxy) is 2. The van der Waals surface area contributed by atoms with Crippen molar-refractivity contribution in [2.45, 2.75) is 118 Å². The third-order valence-corrected chi connectivity index (χ3v) is 8.63. The molecule has 1 saturated carbocycles. The van der Waals surface area contributed by atoms with Crippen molar-refractivity contribution >= 4 is 11.8 Å². The van der Waals surface area contributed by atoms with E-state index in [1.165, 1.54) is 7.11 Å². The first-order valence-corrected chi connectivity index (χ1v) is 13.8. The number of cyclic esters (lactones) is 1. The van der Waals surface area contributed by atoms with Crippen LogP contribution in [0.2, 0.25) is 0 Å². The van der Waals surface area contributed by atoms with Crippen molar-refractivity contribution in [2.75, 3.05) is 7.11 Å². The molecule has 0 aromatic carbocycles. The van der Waals surface area contributed by atoms with E-state index in [4.69, 9.17) is 9.47 Å². The quantitative estimate of drug-likeness (QED) is 0.252. The van der Waals surface area contributed by atoms with E-state index in [0.717, 1.165) is 22.3 Å². The average molecular weight is 531 g/mol. The lowest BCUT2D eigenvalue weighted by molar-refractivity contribution is -0.300. The predicted octanol–water partition coefficient (Wildman–Crippen LogP) is 6.37. The largest absolute Gasteiger partial charge is 0.424 e. The van der Waals surface area contributed by atoms with Gasteiger partial charge in [0.25, 0.3) is 5.79 Å². The van der Waals surface area contributed by atoms with E-state index in [0.29, 0.717) is 19.3 Å². The van der Waals surface area contributed by atoms with Crippen molar-refractivity contribution < 1.29 is 29.3 Å². The summed E-state index contributed by atoms with van der Waals surface area (Å²) in [5, 5.41) is 24.8. The van der Waals surface area contributed by atoms with Gasteiger partial charge in [-0.25, -0.2) is 0 Å². The number of methoxy groups -OCH3 is 1. The number of carbonyl (C=O) groups is 2. The standard InChI is InChI=1S/C32H50O6/c1-21(2)12-11-17-29(9)25(14-13-22(3)4)20-30(18-15-23(5)6)28(35)38-31(37-10,19-16-24(7)8)27(34)32(30,36)26(29)33/h12-13,15-16,25-26,33,36H,11,14,17-20H2,1-10H3/t25-,26+,29+,30+,31?,32+/m0/s1. The van der Waals surface area contributed by atoms with Gasteiger partial charge in [-0.2, -0.15) is 0 Å². The van der Waals surface area contributed by atoms with Crippen LogP contribution in [-0.4, -0.2) is 46.6 Å². The van der Waals surface area contributed by atoms with Gasteiger partial charge in [0.2, 0.25) is 5.78 Å². The first-order chi connectivity index (χ1) is 17.5. The molecule has 0 aromatic rings. The Morgan fingerprint density at radius 1 is 0.921 bits per heavy atom. The number of aliphatic hydroxyl groups excluding tert-OH is 1. The van der Waals surface area contributed by atoms with Crippen LogP contribution in [0.15, 0.2) is 46.6 Å². The molecule has 2 rings (SSSR count). The first-order valence-electron chi connectivity index (χ1n) is 13.8. The van der Waals surface area contributed by atoms with Crippen molar-refractivity contribution in [3.8, 4) is 0 Å². The minimum absolute atomic E-state index is 0.0418. The number of Topliss-reactive ketones (excluding diaryl/α,β-unsaturated/α-hetero) is 1. The maximum Gasteiger partial charge on any atom is 0.318 e. The van der Waals surface area contributed by atoms with Crippen LogP contribution in [0.4, 0.5) is 0 Å².